The average Bonchev–Trinajstić information content (AvgIpc) is 3.08. The summed E-state index contributed by atoms with van der Waals surface area (Å²) in [5.74, 6) is 1.75. The minimum Gasteiger partial charge on any atom is -0.352 e. The fourth-order valence-corrected chi connectivity index (χ4v) is 2.92. The van der Waals surface area contributed by atoms with Crippen molar-refractivity contribution >= 4 is 17.6 Å². The van der Waals surface area contributed by atoms with E-state index in [2.05, 4.69) is 25.7 Å². The first-order valence-electron chi connectivity index (χ1n) is 8.84. The number of anilines is 1. The Labute approximate surface area is 153 Å². The number of hydrogen-bond acceptors (Lipinski definition) is 4. The van der Waals surface area contributed by atoms with E-state index in [4.69, 9.17) is 0 Å². The lowest BCUT2D eigenvalue weighted by Gasteiger charge is -2.26. The van der Waals surface area contributed by atoms with Crippen molar-refractivity contribution < 1.29 is 4.79 Å². The molecule has 8 heteroatoms. The third-order valence-corrected chi connectivity index (χ3v) is 4.47. The predicted molar refractivity (Wildman–Crippen MR) is 101 cm³/mol. The number of aromatic nitrogens is 3. The third-order valence-electron chi connectivity index (χ3n) is 4.47. The fourth-order valence-electron chi connectivity index (χ4n) is 2.92. The molecule has 0 bridgehead atoms. The van der Waals surface area contributed by atoms with Crippen LogP contribution in [0.15, 0.2) is 35.6 Å². The van der Waals surface area contributed by atoms with Crippen molar-refractivity contribution in [1.82, 2.24) is 25.4 Å². The maximum absolute atomic E-state index is 12.0. The Hall–Kier alpha value is -2.90. The highest BCUT2D eigenvalue weighted by atomic mass is 16.2. The van der Waals surface area contributed by atoms with Gasteiger partial charge in [0, 0.05) is 39.3 Å². The van der Waals surface area contributed by atoms with Gasteiger partial charge >= 0.3 is 0 Å². The first kappa shape index (κ1) is 17.9. The standard InChI is InChI=1S/C18H25N7O/c1-19-18(21-12-16-22-13-23-24(16)2)20-11-14-6-8-15(9-7-14)25-10-4-3-5-17(25)26/h6-9,13H,3-5,10-12H2,1-2H3,(H2,19,20,21). The Kier molecular flexibility index (Phi) is 5.83. The van der Waals surface area contributed by atoms with Crippen molar-refractivity contribution in [2.45, 2.75) is 32.4 Å². The number of carbonyl (C=O) groups is 1. The van der Waals surface area contributed by atoms with Crippen LogP contribution >= 0.6 is 0 Å². The minimum atomic E-state index is 0.218. The maximum atomic E-state index is 12.0. The molecule has 1 amide bonds. The van der Waals surface area contributed by atoms with Crippen LogP contribution in [0, 0.1) is 0 Å². The molecule has 0 unspecified atom stereocenters. The minimum absolute atomic E-state index is 0.218. The predicted octanol–water partition coefficient (Wildman–Crippen LogP) is 1.20. The fraction of sp³-hybridized carbons (Fsp3) is 0.444. The van der Waals surface area contributed by atoms with Crippen LogP contribution in [0.2, 0.25) is 0 Å². The summed E-state index contributed by atoms with van der Waals surface area (Å²) in [4.78, 5) is 22.3. The van der Waals surface area contributed by atoms with Crippen LogP contribution < -0.4 is 15.5 Å². The monoisotopic (exact) mass is 355 g/mol. The molecule has 1 aliphatic rings. The molecular formula is C18H25N7O. The molecule has 1 fully saturated rings. The van der Waals surface area contributed by atoms with E-state index in [1.807, 2.05) is 36.2 Å². The Morgan fingerprint density at radius 1 is 1.19 bits per heavy atom. The summed E-state index contributed by atoms with van der Waals surface area (Å²) in [7, 11) is 3.59. The lowest BCUT2D eigenvalue weighted by molar-refractivity contribution is -0.119. The largest absolute Gasteiger partial charge is 0.352 e. The number of nitrogens with one attached hydrogen (secondary N) is 2. The van der Waals surface area contributed by atoms with E-state index < -0.39 is 0 Å². The van der Waals surface area contributed by atoms with Gasteiger partial charge in [0.15, 0.2) is 5.96 Å². The third kappa shape index (κ3) is 4.38. The second-order valence-corrected chi connectivity index (χ2v) is 6.25. The molecule has 0 aliphatic carbocycles. The lowest BCUT2D eigenvalue weighted by Crippen LogP contribution is -2.37. The van der Waals surface area contributed by atoms with Gasteiger partial charge in [-0.05, 0) is 30.5 Å². The molecule has 8 nitrogen and oxygen atoms in total. The van der Waals surface area contributed by atoms with Crippen LogP contribution in [-0.4, -0.2) is 40.2 Å². The Morgan fingerprint density at radius 3 is 2.62 bits per heavy atom. The number of guanidine groups is 1. The zero-order valence-electron chi connectivity index (χ0n) is 15.3. The van der Waals surface area contributed by atoms with Crippen molar-refractivity contribution in [2.24, 2.45) is 12.0 Å². The maximum Gasteiger partial charge on any atom is 0.226 e. The van der Waals surface area contributed by atoms with Crippen molar-refractivity contribution in [3.05, 3.63) is 42.0 Å². The van der Waals surface area contributed by atoms with Crippen molar-refractivity contribution in [1.29, 1.82) is 0 Å². The Bertz CT molecular complexity index is 766. The van der Waals surface area contributed by atoms with Gasteiger partial charge in [-0.15, -0.1) is 0 Å². The van der Waals surface area contributed by atoms with Crippen LogP contribution in [0.25, 0.3) is 0 Å². The van der Waals surface area contributed by atoms with Crippen LogP contribution in [0.3, 0.4) is 0 Å². The summed E-state index contributed by atoms with van der Waals surface area (Å²) in [6.07, 6.45) is 4.25. The van der Waals surface area contributed by atoms with Gasteiger partial charge in [-0.2, -0.15) is 5.10 Å². The zero-order chi connectivity index (χ0) is 18.4. The molecule has 2 aromatic rings. The summed E-state index contributed by atoms with van der Waals surface area (Å²) >= 11 is 0. The van der Waals surface area contributed by atoms with E-state index in [9.17, 15) is 4.79 Å². The summed E-state index contributed by atoms with van der Waals surface area (Å²) in [5, 5.41) is 10.5. The first-order chi connectivity index (χ1) is 12.7. The van der Waals surface area contributed by atoms with Crippen LogP contribution in [0.5, 0.6) is 0 Å². The molecule has 1 aromatic heterocycles. The van der Waals surface area contributed by atoms with Crippen molar-refractivity contribution in [3.8, 4) is 0 Å². The molecule has 2 heterocycles. The molecule has 2 N–H and O–H groups in total. The number of benzene rings is 1. The number of piperidine rings is 1. The Morgan fingerprint density at radius 2 is 1.96 bits per heavy atom. The van der Waals surface area contributed by atoms with Gasteiger partial charge in [-0.3, -0.25) is 14.5 Å². The van der Waals surface area contributed by atoms with E-state index in [1.54, 1.807) is 11.7 Å². The molecule has 26 heavy (non-hydrogen) atoms. The number of rotatable bonds is 5. The highest BCUT2D eigenvalue weighted by Gasteiger charge is 2.19. The van der Waals surface area contributed by atoms with Crippen molar-refractivity contribution in [2.75, 3.05) is 18.5 Å². The zero-order valence-corrected chi connectivity index (χ0v) is 15.3. The Balaban J connectivity index is 1.52. The summed E-state index contributed by atoms with van der Waals surface area (Å²) in [6.45, 7) is 2.01. The van der Waals surface area contributed by atoms with Gasteiger partial charge < -0.3 is 15.5 Å². The van der Waals surface area contributed by atoms with Crippen LogP contribution in [0.1, 0.15) is 30.7 Å². The van der Waals surface area contributed by atoms with E-state index in [0.29, 0.717) is 25.5 Å². The van der Waals surface area contributed by atoms with E-state index in [1.165, 1.54) is 6.33 Å². The van der Waals surface area contributed by atoms with Gasteiger partial charge in [0.1, 0.15) is 12.2 Å². The molecule has 0 saturated carbocycles. The molecule has 1 aromatic carbocycles. The molecule has 0 atom stereocenters. The highest BCUT2D eigenvalue weighted by molar-refractivity contribution is 5.93. The smallest absolute Gasteiger partial charge is 0.226 e. The number of amides is 1. The second kappa shape index (κ2) is 8.46. The number of carbonyl (C=O) groups excluding carboxylic acids is 1. The van der Waals surface area contributed by atoms with Crippen molar-refractivity contribution in [3.63, 3.8) is 0 Å². The first-order valence-corrected chi connectivity index (χ1v) is 8.84. The van der Waals surface area contributed by atoms with Gasteiger partial charge in [-0.1, -0.05) is 12.1 Å². The number of aliphatic imine (C=N–C) groups is 1. The summed E-state index contributed by atoms with van der Waals surface area (Å²) in [5.41, 5.74) is 2.10. The number of hydrogen-bond donors (Lipinski definition) is 2. The molecule has 3 rings (SSSR count). The molecule has 1 saturated heterocycles. The quantitative estimate of drug-likeness (QED) is 0.622. The van der Waals surface area contributed by atoms with Gasteiger partial charge in [0.2, 0.25) is 5.91 Å². The number of aryl methyl sites for hydroxylation is 1. The molecule has 1 aliphatic heterocycles. The topological polar surface area (TPSA) is 87.4 Å². The molecule has 0 radical (unpaired) electrons. The van der Waals surface area contributed by atoms with E-state index in [0.717, 1.165) is 36.5 Å². The van der Waals surface area contributed by atoms with E-state index in [-0.39, 0.29) is 5.91 Å². The second-order valence-electron chi connectivity index (χ2n) is 6.25. The SMILES string of the molecule is CN=C(NCc1ccc(N2CCCCC2=O)cc1)NCc1ncnn1C. The van der Waals surface area contributed by atoms with Crippen LogP contribution in [0.4, 0.5) is 5.69 Å². The molecular weight excluding hydrogens is 330 g/mol. The average molecular weight is 355 g/mol. The van der Waals surface area contributed by atoms with Crippen LogP contribution in [-0.2, 0) is 24.9 Å². The molecule has 0 spiro atoms. The van der Waals surface area contributed by atoms with Gasteiger partial charge in [0.05, 0.1) is 6.54 Å². The normalized spacial score (nSPS) is 15.2. The van der Waals surface area contributed by atoms with Gasteiger partial charge in [-0.25, -0.2) is 4.98 Å². The van der Waals surface area contributed by atoms with Gasteiger partial charge in [0.25, 0.3) is 0 Å². The number of nitrogens with zero attached hydrogens (tertiary/aromatic N) is 5. The highest BCUT2D eigenvalue weighted by Crippen LogP contribution is 2.21. The molecule has 138 valence electrons. The van der Waals surface area contributed by atoms with E-state index >= 15 is 0 Å². The lowest BCUT2D eigenvalue weighted by atomic mass is 10.1. The summed E-state index contributed by atoms with van der Waals surface area (Å²) in [6, 6.07) is 8.10. The summed E-state index contributed by atoms with van der Waals surface area (Å²) < 4.78 is 1.72.